The minimum Gasteiger partial charge on any atom is -0.459 e. The second kappa shape index (κ2) is 7.30. The maximum atomic E-state index is 13.1. The van der Waals surface area contributed by atoms with Gasteiger partial charge in [0, 0.05) is 18.7 Å². The summed E-state index contributed by atoms with van der Waals surface area (Å²) in [5.41, 5.74) is 7.95. The summed E-state index contributed by atoms with van der Waals surface area (Å²) in [4.78, 5) is 24.1. The molecule has 7 nitrogen and oxygen atoms in total. The zero-order chi connectivity index (χ0) is 19.7. The maximum absolute atomic E-state index is 13.1. The van der Waals surface area contributed by atoms with Crippen LogP contribution in [0.3, 0.4) is 0 Å². The van der Waals surface area contributed by atoms with Gasteiger partial charge in [-0.1, -0.05) is 12.1 Å². The molecular weight excluding hydrogens is 363 g/mol. The lowest BCUT2D eigenvalue weighted by Gasteiger charge is -2.24. The van der Waals surface area contributed by atoms with Gasteiger partial charge in [-0.2, -0.15) is 5.10 Å². The molecule has 3 N–H and O–H groups in total. The molecule has 2 amide bonds. The maximum Gasteiger partial charge on any atom is 0.287 e. The molecule has 0 fully saturated rings. The molecule has 0 saturated heterocycles. The molecule has 0 saturated carbocycles. The largest absolute Gasteiger partial charge is 0.459 e. The van der Waals surface area contributed by atoms with Gasteiger partial charge >= 0.3 is 0 Å². The van der Waals surface area contributed by atoms with Crippen molar-refractivity contribution in [2.45, 2.75) is 19.4 Å². The lowest BCUT2D eigenvalue weighted by Crippen LogP contribution is -2.34. The fourth-order valence-corrected chi connectivity index (χ4v) is 3.54. The van der Waals surface area contributed by atoms with Crippen LogP contribution in [0.5, 0.6) is 0 Å². The number of aromatic nitrogens is 2. The zero-order valence-electron chi connectivity index (χ0n) is 15.0. The predicted molar refractivity (Wildman–Crippen MR) is 99.0 cm³/mol. The van der Waals surface area contributed by atoms with E-state index in [0.29, 0.717) is 36.2 Å². The summed E-state index contributed by atoms with van der Waals surface area (Å²) in [5.74, 6) is -0.824. The zero-order valence-corrected chi connectivity index (χ0v) is 15.0. The number of halogens is 1. The number of carbonyl (C=O) groups is 2. The normalized spacial score (nSPS) is 15.8. The van der Waals surface area contributed by atoms with Crippen LogP contribution in [0.2, 0.25) is 0 Å². The standard InChI is InChI=1S/C20H19FN4O3/c21-14-3-1-13(2-4-14)15-6-8-28-18(15)20(27)23-10-12-5-7-25-17(9-12)16(11-24-25)19(22)26/h1-4,6,8,11-12H,5,7,9-10H2,(H2,22,26)(H,23,27)/t12-/m1/s1. The van der Waals surface area contributed by atoms with Crippen LogP contribution in [0.15, 0.2) is 47.2 Å². The van der Waals surface area contributed by atoms with Gasteiger partial charge < -0.3 is 15.5 Å². The van der Waals surface area contributed by atoms with E-state index in [-0.39, 0.29) is 23.4 Å². The molecule has 3 aromatic rings. The summed E-state index contributed by atoms with van der Waals surface area (Å²) in [7, 11) is 0. The minimum atomic E-state index is -0.495. The number of nitrogens with two attached hydrogens (primary N) is 1. The smallest absolute Gasteiger partial charge is 0.287 e. The quantitative estimate of drug-likeness (QED) is 0.707. The van der Waals surface area contributed by atoms with Gasteiger partial charge in [-0.3, -0.25) is 14.3 Å². The van der Waals surface area contributed by atoms with Crippen molar-refractivity contribution < 1.29 is 18.4 Å². The van der Waals surface area contributed by atoms with Crippen molar-refractivity contribution >= 4 is 11.8 Å². The highest BCUT2D eigenvalue weighted by Crippen LogP contribution is 2.26. The lowest BCUT2D eigenvalue weighted by atomic mass is 9.94. The SMILES string of the molecule is NC(=O)c1cnn2c1C[C@H](CNC(=O)c1occc1-c1ccc(F)cc1)CC2. The summed E-state index contributed by atoms with van der Waals surface area (Å²) in [6, 6.07) is 7.56. The van der Waals surface area contributed by atoms with Crippen LogP contribution < -0.4 is 11.1 Å². The number of amides is 2. The van der Waals surface area contributed by atoms with E-state index in [1.54, 1.807) is 22.9 Å². The highest BCUT2D eigenvalue weighted by atomic mass is 19.1. The molecule has 0 spiro atoms. The Bertz CT molecular complexity index is 1020. The number of hydrogen-bond donors (Lipinski definition) is 2. The van der Waals surface area contributed by atoms with Gasteiger partial charge in [0.25, 0.3) is 11.8 Å². The van der Waals surface area contributed by atoms with Crippen molar-refractivity contribution in [2.75, 3.05) is 6.54 Å². The summed E-state index contributed by atoms with van der Waals surface area (Å²) in [5, 5.41) is 7.08. The lowest BCUT2D eigenvalue weighted by molar-refractivity contribution is 0.0916. The van der Waals surface area contributed by atoms with E-state index in [4.69, 9.17) is 10.2 Å². The van der Waals surface area contributed by atoms with Crippen molar-refractivity contribution in [1.29, 1.82) is 0 Å². The second-order valence-corrected chi connectivity index (χ2v) is 6.83. The number of aryl methyl sites for hydroxylation is 1. The van der Waals surface area contributed by atoms with Crippen LogP contribution in [0.4, 0.5) is 4.39 Å². The van der Waals surface area contributed by atoms with Crippen LogP contribution in [0.25, 0.3) is 11.1 Å². The fourth-order valence-electron chi connectivity index (χ4n) is 3.54. The Hall–Kier alpha value is -3.42. The molecule has 3 heterocycles. The number of primary amides is 1. The molecule has 144 valence electrons. The van der Waals surface area contributed by atoms with Crippen molar-refractivity contribution in [3.05, 3.63) is 65.6 Å². The van der Waals surface area contributed by atoms with E-state index < -0.39 is 5.91 Å². The Morgan fingerprint density at radius 3 is 2.82 bits per heavy atom. The highest BCUT2D eigenvalue weighted by Gasteiger charge is 2.25. The van der Waals surface area contributed by atoms with Crippen LogP contribution in [-0.2, 0) is 13.0 Å². The molecule has 1 aliphatic heterocycles. The van der Waals surface area contributed by atoms with Gasteiger partial charge in [0.15, 0.2) is 5.76 Å². The first-order valence-electron chi connectivity index (χ1n) is 8.99. The van der Waals surface area contributed by atoms with Crippen molar-refractivity contribution in [3.63, 3.8) is 0 Å². The minimum absolute atomic E-state index is 0.162. The Morgan fingerprint density at radius 2 is 2.07 bits per heavy atom. The van der Waals surface area contributed by atoms with E-state index in [9.17, 15) is 14.0 Å². The number of carbonyl (C=O) groups excluding carboxylic acids is 2. The highest BCUT2D eigenvalue weighted by molar-refractivity contribution is 5.98. The van der Waals surface area contributed by atoms with Gasteiger partial charge in [-0.05, 0) is 42.5 Å². The van der Waals surface area contributed by atoms with Crippen LogP contribution in [0.1, 0.15) is 33.0 Å². The topological polar surface area (TPSA) is 103 Å². The Kier molecular flexibility index (Phi) is 4.68. The molecular formula is C20H19FN4O3. The number of hydrogen-bond acceptors (Lipinski definition) is 4. The third-order valence-electron chi connectivity index (χ3n) is 5.02. The Labute approximate surface area is 160 Å². The average molecular weight is 382 g/mol. The molecule has 0 aliphatic carbocycles. The van der Waals surface area contributed by atoms with Gasteiger partial charge in [0.1, 0.15) is 5.82 Å². The molecule has 1 atom stereocenters. The number of benzene rings is 1. The number of nitrogens with one attached hydrogen (secondary N) is 1. The first kappa shape index (κ1) is 18.0. The number of fused-ring (bicyclic) bond motifs is 1. The van der Waals surface area contributed by atoms with Crippen LogP contribution in [0, 0.1) is 11.7 Å². The monoisotopic (exact) mass is 382 g/mol. The molecule has 0 radical (unpaired) electrons. The van der Waals surface area contributed by atoms with Gasteiger partial charge in [-0.15, -0.1) is 0 Å². The molecule has 2 aromatic heterocycles. The van der Waals surface area contributed by atoms with Gasteiger partial charge in [-0.25, -0.2) is 4.39 Å². The molecule has 4 rings (SSSR count). The molecule has 8 heteroatoms. The summed E-state index contributed by atoms with van der Waals surface area (Å²) < 4.78 is 20.3. The van der Waals surface area contributed by atoms with Crippen LogP contribution >= 0.6 is 0 Å². The first-order chi connectivity index (χ1) is 13.5. The fraction of sp³-hybridized carbons (Fsp3) is 0.250. The van der Waals surface area contributed by atoms with Crippen molar-refractivity contribution in [1.82, 2.24) is 15.1 Å². The Morgan fingerprint density at radius 1 is 1.29 bits per heavy atom. The van der Waals surface area contributed by atoms with Gasteiger partial charge in [0.2, 0.25) is 0 Å². The molecule has 1 aliphatic rings. The third kappa shape index (κ3) is 3.40. The van der Waals surface area contributed by atoms with E-state index in [1.165, 1.54) is 24.6 Å². The number of nitrogens with zero attached hydrogens (tertiary/aromatic N) is 2. The summed E-state index contributed by atoms with van der Waals surface area (Å²) in [6.45, 7) is 1.11. The molecule has 0 unspecified atom stereocenters. The molecule has 28 heavy (non-hydrogen) atoms. The summed E-state index contributed by atoms with van der Waals surface area (Å²) in [6.07, 6.45) is 4.38. The van der Waals surface area contributed by atoms with Crippen LogP contribution in [-0.4, -0.2) is 28.1 Å². The second-order valence-electron chi connectivity index (χ2n) is 6.83. The molecule has 0 bridgehead atoms. The van der Waals surface area contributed by atoms with Gasteiger partial charge in [0.05, 0.1) is 23.7 Å². The first-order valence-corrected chi connectivity index (χ1v) is 8.99. The van der Waals surface area contributed by atoms with E-state index in [0.717, 1.165) is 12.1 Å². The third-order valence-corrected chi connectivity index (χ3v) is 5.02. The van der Waals surface area contributed by atoms with E-state index in [1.807, 2.05) is 0 Å². The number of furan rings is 1. The van der Waals surface area contributed by atoms with Crippen molar-refractivity contribution in [3.8, 4) is 11.1 Å². The molecule has 1 aromatic carbocycles. The number of rotatable bonds is 5. The van der Waals surface area contributed by atoms with E-state index >= 15 is 0 Å². The Balaban J connectivity index is 1.43. The predicted octanol–water partition coefficient (Wildman–Crippen LogP) is 2.37. The van der Waals surface area contributed by atoms with Crippen molar-refractivity contribution in [2.24, 2.45) is 11.7 Å². The average Bonchev–Trinajstić information content (AvgIpc) is 3.33. The summed E-state index contributed by atoms with van der Waals surface area (Å²) >= 11 is 0. The van der Waals surface area contributed by atoms with E-state index in [2.05, 4.69) is 10.4 Å².